The Bertz CT molecular complexity index is 1170. The first-order valence-electron chi connectivity index (χ1n) is 11.0. The highest BCUT2D eigenvalue weighted by Crippen LogP contribution is 2.42. The number of benzene rings is 1. The van der Waals surface area contributed by atoms with Gasteiger partial charge in [-0.2, -0.15) is 0 Å². The van der Waals surface area contributed by atoms with E-state index in [-0.39, 0.29) is 5.91 Å². The summed E-state index contributed by atoms with van der Waals surface area (Å²) in [4.78, 5) is 19.2. The minimum absolute atomic E-state index is 0.249. The SMILES string of the molecule is CCC(C)(C)C1CCc2nc3sc(C(=O)Nc4ccc(OC)c(OC)c4)c(N)c3cc2C1. The Morgan fingerprint density at radius 2 is 2.00 bits per heavy atom. The van der Waals surface area contributed by atoms with Crippen molar-refractivity contribution >= 4 is 38.8 Å². The number of carbonyl (C=O) groups is 1. The van der Waals surface area contributed by atoms with Gasteiger partial charge in [-0.15, -0.1) is 11.3 Å². The molecule has 3 aromatic rings. The smallest absolute Gasteiger partial charge is 0.267 e. The van der Waals surface area contributed by atoms with Crippen LogP contribution in [0.15, 0.2) is 24.3 Å². The van der Waals surface area contributed by atoms with E-state index >= 15 is 0 Å². The van der Waals surface area contributed by atoms with Crippen molar-refractivity contribution < 1.29 is 14.3 Å². The summed E-state index contributed by atoms with van der Waals surface area (Å²) >= 11 is 1.35. The van der Waals surface area contributed by atoms with Crippen molar-refractivity contribution in [3.05, 3.63) is 40.4 Å². The Morgan fingerprint density at radius 3 is 2.69 bits per heavy atom. The van der Waals surface area contributed by atoms with Crippen molar-refractivity contribution in [1.82, 2.24) is 4.98 Å². The van der Waals surface area contributed by atoms with E-state index in [0.717, 1.165) is 41.6 Å². The molecular weight excluding hydrogens is 422 g/mol. The second-order valence-electron chi connectivity index (χ2n) is 9.10. The second-order valence-corrected chi connectivity index (χ2v) is 10.1. The van der Waals surface area contributed by atoms with Crippen molar-refractivity contribution in [3.63, 3.8) is 0 Å². The average Bonchev–Trinajstić information content (AvgIpc) is 3.12. The van der Waals surface area contributed by atoms with Gasteiger partial charge in [0.15, 0.2) is 11.5 Å². The van der Waals surface area contributed by atoms with Crippen molar-refractivity contribution in [3.8, 4) is 11.5 Å². The number of anilines is 2. The van der Waals surface area contributed by atoms with E-state index in [1.165, 1.54) is 16.9 Å². The summed E-state index contributed by atoms with van der Waals surface area (Å²) in [6.45, 7) is 6.96. The molecule has 170 valence electrons. The van der Waals surface area contributed by atoms with Crippen LogP contribution in [-0.4, -0.2) is 25.1 Å². The molecule has 4 rings (SSSR count). The zero-order valence-electron chi connectivity index (χ0n) is 19.4. The fraction of sp³-hybridized carbons (Fsp3) is 0.440. The zero-order chi connectivity index (χ0) is 23.0. The van der Waals surface area contributed by atoms with Crippen LogP contribution in [0.4, 0.5) is 11.4 Å². The van der Waals surface area contributed by atoms with Crippen LogP contribution in [0.2, 0.25) is 0 Å². The molecule has 7 heteroatoms. The van der Waals surface area contributed by atoms with Gasteiger partial charge < -0.3 is 20.5 Å². The van der Waals surface area contributed by atoms with Gasteiger partial charge in [-0.25, -0.2) is 4.98 Å². The van der Waals surface area contributed by atoms with Gasteiger partial charge in [-0.05, 0) is 54.4 Å². The number of nitrogens with zero attached hydrogens (tertiary/aromatic N) is 1. The zero-order valence-corrected chi connectivity index (χ0v) is 20.2. The molecule has 1 amide bonds. The largest absolute Gasteiger partial charge is 0.493 e. The van der Waals surface area contributed by atoms with Gasteiger partial charge in [0.25, 0.3) is 5.91 Å². The number of nitrogen functional groups attached to an aromatic ring is 1. The Hall–Kier alpha value is -2.80. The number of hydrogen-bond donors (Lipinski definition) is 2. The van der Waals surface area contributed by atoms with Crippen molar-refractivity contribution in [2.24, 2.45) is 11.3 Å². The van der Waals surface area contributed by atoms with Crippen LogP contribution >= 0.6 is 11.3 Å². The van der Waals surface area contributed by atoms with E-state index < -0.39 is 0 Å². The number of aromatic nitrogens is 1. The van der Waals surface area contributed by atoms with E-state index in [4.69, 9.17) is 20.2 Å². The number of aryl methyl sites for hydroxylation is 1. The van der Waals surface area contributed by atoms with Gasteiger partial charge in [0.2, 0.25) is 0 Å². The number of nitrogens with one attached hydrogen (secondary N) is 1. The highest BCUT2D eigenvalue weighted by molar-refractivity contribution is 7.21. The lowest BCUT2D eigenvalue weighted by atomic mass is 9.69. The van der Waals surface area contributed by atoms with E-state index in [1.54, 1.807) is 32.4 Å². The van der Waals surface area contributed by atoms with E-state index in [1.807, 2.05) is 0 Å². The van der Waals surface area contributed by atoms with Crippen LogP contribution < -0.4 is 20.5 Å². The standard InChI is InChI=1S/C25H31N3O3S/c1-6-25(2,3)15-7-9-18-14(11-15)12-17-21(26)22(32-24(17)28-18)23(29)27-16-8-10-19(30-4)20(13-16)31-5/h8,10,12-13,15H,6-7,9,11,26H2,1-5H3,(H,27,29). The Kier molecular flexibility index (Phi) is 6.03. The van der Waals surface area contributed by atoms with E-state index in [0.29, 0.717) is 39.1 Å². The molecule has 0 saturated carbocycles. The molecule has 0 saturated heterocycles. The molecule has 0 aliphatic heterocycles. The Balaban J connectivity index is 1.62. The van der Waals surface area contributed by atoms with Crippen LogP contribution in [0.5, 0.6) is 11.5 Å². The van der Waals surface area contributed by atoms with Gasteiger partial charge in [0, 0.05) is 22.8 Å². The molecular formula is C25H31N3O3S. The first-order valence-corrected chi connectivity index (χ1v) is 11.8. The number of pyridine rings is 1. The number of rotatable bonds is 6. The number of thiophene rings is 1. The molecule has 3 N–H and O–H groups in total. The molecule has 0 bridgehead atoms. The average molecular weight is 454 g/mol. The third-order valence-electron chi connectivity index (χ3n) is 6.95. The predicted octanol–water partition coefficient (Wildman–Crippen LogP) is 5.69. The maximum atomic E-state index is 13.0. The van der Waals surface area contributed by atoms with Crippen LogP contribution in [0.25, 0.3) is 10.2 Å². The second kappa shape index (κ2) is 8.62. The summed E-state index contributed by atoms with van der Waals surface area (Å²) in [5.41, 5.74) is 10.3. The van der Waals surface area contributed by atoms with Gasteiger partial charge in [0.1, 0.15) is 9.71 Å². The quantitative estimate of drug-likeness (QED) is 0.501. The summed E-state index contributed by atoms with van der Waals surface area (Å²) in [5, 5.41) is 3.79. The molecule has 1 aromatic carbocycles. The van der Waals surface area contributed by atoms with Crippen molar-refractivity contribution in [1.29, 1.82) is 0 Å². The van der Waals surface area contributed by atoms with E-state index in [9.17, 15) is 4.79 Å². The summed E-state index contributed by atoms with van der Waals surface area (Å²) in [5.74, 6) is 1.53. The van der Waals surface area contributed by atoms with Crippen LogP contribution in [0, 0.1) is 11.3 Å². The summed E-state index contributed by atoms with van der Waals surface area (Å²) in [6, 6.07) is 7.42. The van der Waals surface area contributed by atoms with Crippen LogP contribution in [-0.2, 0) is 12.8 Å². The van der Waals surface area contributed by atoms with Gasteiger partial charge in [0.05, 0.1) is 19.9 Å². The normalized spacial score (nSPS) is 16.0. The maximum Gasteiger partial charge on any atom is 0.267 e. The minimum Gasteiger partial charge on any atom is -0.493 e. The molecule has 0 radical (unpaired) electrons. The van der Waals surface area contributed by atoms with Gasteiger partial charge in [-0.3, -0.25) is 4.79 Å². The number of amides is 1. The monoisotopic (exact) mass is 453 g/mol. The molecule has 0 fully saturated rings. The lowest BCUT2D eigenvalue weighted by Crippen LogP contribution is -2.29. The Morgan fingerprint density at radius 1 is 1.25 bits per heavy atom. The summed E-state index contributed by atoms with van der Waals surface area (Å²) in [6.07, 6.45) is 4.30. The number of nitrogens with two attached hydrogens (primary N) is 1. The first-order chi connectivity index (χ1) is 15.3. The molecule has 2 aromatic heterocycles. The highest BCUT2D eigenvalue weighted by atomic mass is 32.1. The molecule has 1 unspecified atom stereocenters. The molecule has 1 aliphatic rings. The highest BCUT2D eigenvalue weighted by Gasteiger charge is 2.32. The lowest BCUT2D eigenvalue weighted by Gasteiger charge is -2.36. The van der Waals surface area contributed by atoms with Gasteiger partial charge >= 0.3 is 0 Å². The molecule has 0 spiro atoms. The predicted molar refractivity (Wildman–Crippen MR) is 131 cm³/mol. The van der Waals surface area contributed by atoms with Crippen molar-refractivity contribution in [2.75, 3.05) is 25.3 Å². The molecule has 2 heterocycles. The fourth-order valence-corrected chi connectivity index (χ4v) is 5.41. The number of hydrogen-bond acceptors (Lipinski definition) is 6. The maximum absolute atomic E-state index is 13.0. The fourth-order valence-electron chi connectivity index (χ4n) is 4.42. The van der Waals surface area contributed by atoms with Crippen LogP contribution in [0.3, 0.4) is 0 Å². The molecule has 6 nitrogen and oxygen atoms in total. The minimum atomic E-state index is -0.249. The van der Waals surface area contributed by atoms with Gasteiger partial charge in [-0.1, -0.05) is 27.2 Å². The van der Waals surface area contributed by atoms with Crippen LogP contribution in [0.1, 0.15) is 54.5 Å². The van der Waals surface area contributed by atoms with Crippen molar-refractivity contribution in [2.45, 2.75) is 46.5 Å². The lowest BCUT2D eigenvalue weighted by molar-refractivity contribution is 0.103. The number of methoxy groups -OCH3 is 2. The number of carbonyl (C=O) groups excluding carboxylic acids is 1. The molecule has 32 heavy (non-hydrogen) atoms. The van der Waals surface area contributed by atoms with E-state index in [2.05, 4.69) is 32.2 Å². The summed E-state index contributed by atoms with van der Waals surface area (Å²) < 4.78 is 10.6. The molecule has 1 atom stereocenters. The third kappa shape index (κ3) is 4.01. The first kappa shape index (κ1) is 22.4. The Labute approximate surface area is 193 Å². The topological polar surface area (TPSA) is 86.5 Å². The number of ether oxygens (including phenoxy) is 2. The molecule has 1 aliphatic carbocycles. The third-order valence-corrected chi connectivity index (χ3v) is 8.06. The number of fused-ring (bicyclic) bond motifs is 2. The summed E-state index contributed by atoms with van der Waals surface area (Å²) in [7, 11) is 3.14.